The molecular weight excluding hydrogens is 452 g/mol. The van der Waals surface area contributed by atoms with Crippen LogP contribution in [0.5, 0.6) is 0 Å². The number of benzene rings is 1. The second-order valence-corrected chi connectivity index (χ2v) is 8.32. The lowest BCUT2D eigenvalue weighted by atomic mass is 10.1. The largest absolute Gasteiger partial charge is 0.462 e. The minimum absolute atomic E-state index is 0.0273. The number of ether oxygens (including phenoxy) is 2. The third-order valence-corrected chi connectivity index (χ3v) is 6.35. The van der Waals surface area contributed by atoms with Gasteiger partial charge in [0.15, 0.2) is 5.16 Å². The maximum atomic E-state index is 12.7. The summed E-state index contributed by atoms with van der Waals surface area (Å²) in [5, 5.41) is 11.5. The molecule has 3 aromatic rings. The van der Waals surface area contributed by atoms with Crippen molar-refractivity contribution in [2.45, 2.75) is 25.9 Å². The molecule has 1 N–H and O–H groups in total. The molecule has 2 heterocycles. The molecule has 0 bridgehead atoms. The Labute approximate surface area is 193 Å². The van der Waals surface area contributed by atoms with Gasteiger partial charge in [0.2, 0.25) is 5.91 Å². The fourth-order valence-electron chi connectivity index (χ4n) is 2.82. The number of carbonyl (C=O) groups excluding carboxylic acids is 3. The summed E-state index contributed by atoms with van der Waals surface area (Å²) in [5.74, 6) is -1.49. The van der Waals surface area contributed by atoms with E-state index in [2.05, 4.69) is 15.5 Å². The Kier molecular flexibility index (Phi) is 8.01. The van der Waals surface area contributed by atoms with Crippen LogP contribution in [-0.4, -0.2) is 51.6 Å². The number of para-hydroxylation sites is 1. The summed E-state index contributed by atoms with van der Waals surface area (Å²) < 4.78 is 11.9. The van der Waals surface area contributed by atoms with Crippen molar-refractivity contribution in [2.75, 3.05) is 24.3 Å². The van der Waals surface area contributed by atoms with Crippen LogP contribution in [0.4, 0.5) is 5.00 Å². The van der Waals surface area contributed by atoms with Crippen LogP contribution in [0.3, 0.4) is 0 Å². The van der Waals surface area contributed by atoms with E-state index in [4.69, 9.17) is 9.47 Å². The first-order valence-corrected chi connectivity index (χ1v) is 11.6. The Hall–Kier alpha value is -3.18. The number of esters is 2. The van der Waals surface area contributed by atoms with E-state index in [-0.39, 0.29) is 40.3 Å². The van der Waals surface area contributed by atoms with Crippen molar-refractivity contribution in [1.82, 2.24) is 14.8 Å². The molecule has 0 aliphatic rings. The molecule has 0 fully saturated rings. The van der Waals surface area contributed by atoms with Gasteiger partial charge in [-0.05, 0) is 38.5 Å². The van der Waals surface area contributed by atoms with E-state index in [1.54, 1.807) is 31.7 Å². The third kappa shape index (κ3) is 5.35. The second-order valence-electron chi connectivity index (χ2n) is 6.36. The molecule has 1 aromatic carbocycles. The lowest BCUT2D eigenvalue weighted by Crippen LogP contribution is -2.16. The number of carbonyl (C=O) groups is 3. The molecule has 0 aliphatic carbocycles. The number of hydrogen-bond acceptors (Lipinski definition) is 9. The van der Waals surface area contributed by atoms with Crippen molar-refractivity contribution in [2.24, 2.45) is 0 Å². The summed E-state index contributed by atoms with van der Waals surface area (Å²) in [6.07, 6.45) is 1.57. The Bertz CT molecular complexity index is 1110. The number of hydrogen-bond donors (Lipinski definition) is 1. The van der Waals surface area contributed by atoms with E-state index in [0.29, 0.717) is 10.7 Å². The van der Waals surface area contributed by atoms with Crippen molar-refractivity contribution < 1.29 is 23.9 Å². The van der Waals surface area contributed by atoms with E-state index in [1.807, 2.05) is 30.3 Å². The van der Waals surface area contributed by atoms with E-state index < -0.39 is 11.9 Å². The van der Waals surface area contributed by atoms with Gasteiger partial charge >= 0.3 is 11.9 Å². The summed E-state index contributed by atoms with van der Waals surface area (Å²) in [7, 11) is 0. The predicted octanol–water partition coefficient (Wildman–Crippen LogP) is 3.72. The average molecular weight is 475 g/mol. The highest BCUT2D eigenvalue weighted by molar-refractivity contribution is 7.99. The summed E-state index contributed by atoms with van der Waals surface area (Å²) >= 11 is 2.19. The van der Waals surface area contributed by atoms with Gasteiger partial charge in [-0.15, -0.1) is 21.5 Å². The Morgan fingerprint density at radius 1 is 1.09 bits per heavy atom. The standard InChI is InChI=1S/C21H22N4O5S2/c1-4-29-19(27)16-13(3)17(20(28)30-5-2)32-18(16)23-15(26)11-31-21-24-22-12-25(21)14-9-7-6-8-10-14/h6-10,12H,4-5,11H2,1-3H3,(H,23,26). The molecule has 32 heavy (non-hydrogen) atoms. The first-order valence-electron chi connectivity index (χ1n) is 9.81. The van der Waals surface area contributed by atoms with Crippen LogP contribution in [0.1, 0.15) is 39.4 Å². The molecule has 168 valence electrons. The molecule has 0 radical (unpaired) electrons. The van der Waals surface area contributed by atoms with Crippen LogP contribution in [0.2, 0.25) is 0 Å². The maximum Gasteiger partial charge on any atom is 0.348 e. The van der Waals surface area contributed by atoms with Crippen LogP contribution in [0, 0.1) is 6.92 Å². The van der Waals surface area contributed by atoms with Crippen LogP contribution < -0.4 is 5.32 Å². The number of thioether (sulfide) groups is 1. The third-order valence-electron chi connectivity index (χ3n) is 4.22. The van der Waals surface area contributed by atoms with E-state index in [9.17, 15) is 14.4 Å². The summed E-state index contributed by atoms with van der Waals surface area (Å²) in [6.45, 7) is 5.37. The van der Waals surface area contributed by atoms with Gasteiger partial charge in [-0.3, -0.25) is 9.36 Å². The van der Waals surface area contributed by atoms with Gasteiger partial charge in [-0.1, -0.05) is 30.0 Å². The first kappa shape index (κ1) is 23.5. The molecule has 0 spiro atoms. The van der Waals surface area contributed by atoms with Crippen molar-refractivity contribution in [3.63, 3.8) is 0 Å². The predicted molar refractivity (Wildman–Crippen MR) is 122 cm³/mol. The number of thiophene rings is 1. The molecule has 3 rings (SSSR count). The topological polar surface area (TPSA) is 112 Å². The second kappa shape index (κ2) is 10.9. The highest BCUT2D eigenvalue weighted by Crippen LogP contribution is 2.34. The zero-order valence-electron chi connectivity index (χ0n) is 17.8. The van der Waals surface area contributed by atoms with Crippen LogP contribution in [-0.2, 0) is 14.3 Å². The zero-order chi connectivity index (χ0) is 23.1. The summed E-state index contributed by atoms with van der Waals surface area (Å²) in [4.78, 5) is 37.6. The molecule has 11 heteroatoms. The molecule has 0 saturated carbocycles. The highest BCUT2D eigenvalue weighted by atomic mass is 32.2. The molecule has 0 unspecified atom stereocenters. The number of rotatable bonds is 9. The Morgan fingerprint density at radius 2 is 1.78 bits per heavy atom. The number of anilines is 1. The molecule has 9 nitrogen and oxygen atoms in total. The lowest BCUT2D eigenvalue weighted by molar-refractivity contribution is -0.113. The van der Waals surface area contributed by atoms with Crippen molar-refractivity contribution >= 4 is 45.9 Å². The molecular formula is C21H22N4O5S2. The highest BCUT2D eigenvalue weighted by Gasteiger charge is 2.27. The van der Waals surface area contributed by atoms with Gasteiger partial charge in [0.25, 0.3) is 0 Å². The monoisotopic (exact) mass is 474 g/mol. The van der Waals surface area contributed by atoms with Gasteiger partial charge in [0, 0.05) is 5.69 Å². The minimum atomic E-state index is -0.608. The molecule has 0 saturated heterocycles. The van der Waals surface area contributed by atoms with Crippen LogP contribution in [0.25, 0.3) is 5.69 Å². The quantitative estimate of drug-likeness (QED) is 0.369. The maximum absolute atomic E-state index is 12.7. The van der Waals surface area contributed by atoms with E-state index in [0.717, 1.165) is 17.0 Å². The number of aromatic nitrogens is 3. The Balaban J connectivity index is 1.76. The van der Waals surface area contributed by atoms with Gasteiger partial charge in [-0.2, -0.15) is 0 Å². The molecule has 1 amide bonds. The van der Waals surface area contributed by atoms with Gasteiger partial charge in [0.05, 0.1) is 24.5 Å². The fourth-order valence-corrected chi connectivity index (χ4v) is 4.66. The number of amides is 1. The minimum Gasteiger partial charge on any atom is -0.462 e. The molecule has 0 aliphatic heterocycles. The summed E-state index contributed by atoms with van der Waals surface area (Å²) in [6, 6.07) is 9.51. The van der Waals surface area contributed by atoms with E-state index in [1.165, 1.54) is 11.8 Å². The zero-order valence-corrected chi connectivity index (χ0v) is 19.4. The van der Waals surface area contributed by atoms with E-state index >= 15 is 0 Å². The number of nitrogens with one attached hydrogen (secondary N) is 1. The Morgan fingerprint density at radius 3 is 2.47 bits per heavy atom. The van der Waals surface area contributed by atoms with Gasteiger partial charge in [-0.25, -0.2) is 9.59 Å². The normalized spacial score (nSPS) is 10.6. The average Bonchev–Trinajstić information content (AvgIpc) is 3.37. The molecule has 2 aromatic heterocycles. The number of nitrogens with zero attached hydrogens (tertiary/aromatic N) is 3. The fraction of sp³-hybridized carbons (Fsp3) is 0.286. The smallest absolute Gasteiger partial charge is 0.348 e. The van der Waals surface area contributed by atoms with Crippen LogP contribution in [0.15, 0.2) is 41.8 Å². The van der Waals surface area contributed by atoms with Gasteiger partial charge in [0.1, 0.15) is 16.2 Å². The SMILES string of the molecule is CCOC(=O)c1sc(NC(=O)CSc2nncn2-c2ccccc2)c(C(=O)OCC)c1C. The van der Waals surface area contributed by atoms with Crippen molar-refractivity contribution in [1.29, 1.82) is 0 Å². The molecule has 0 atom stereocenters. The summed E-state index contributed by atoms with van der Waals surface area (Å²) in [5.41, 5.74) is 1.45. The lowest BCUT2D eigenvalue weighted by Gasteiger charge is -2.08. The van der Waals surface area contributed by atoms with Crippen molar-refractivity contribution in [3.05, 3.63) is 52.7 Å². The van der Waals surface area contributed by atoms with Gasteiger partial charge < -0.3 is 14.8 Å². The first-order chi connectivity index (χ1) is 15.5. The van der Waals surface area contributed by atoms with Crippen molar-refractivity contribution in [3.8, 4) is 5.69 Å². The van der Waals surface area contributed by atoms with Crippen LogP contribution >= 0.6 is 23.1 Å².